The number of carboxylic acids is 1. The number of hydrogen-bond donors (Lipinski definition) is 1. The molecule has 0 aliphatic carbocycles. The second-order valence-corrected chi connectivity index (χ2v) is 5.78. The summed E-state index contributed by atoms with van der Waals surface area (Å²) in [5.74, 6) is -0.191. The number of aliphatic carboxylic acids is 1. The fourth-order valence-corrected chi connectivity index (χ4v) is 3.73. The van der Waals surface area contributed by atoms with E-state index in [4.69, 9.17) is 0 Å². The zero-order chi connectivity index (χ0) is 13.6. The van der Waals surface area contributed by atoms with Gasteiger partial charge in [0.25, 0.3) is 0 Å². The molecular weight excluding hydrogens is 240 g/mol. The fraction of sp³-hybridized carbons (Fsp3) is 0.533. The van der Waals surface area contributed by atoms with E-state index >= 15 is 0 Å². The predicted molar refractivity (Wildman–Crippen MR) is 72.9 cm³/mol. The van der Waals surface area contributed by atoms with Gasteiger partial charge in [0, 0.05) is 25.2 Å². The highest BCUT2D eigenvalue weighted by atomic mass is 16.4. The minimum absolute atomic E-state index is 0.358. The largest absolute Gasteiger partial charge is 0.480 e. The molecule has 2 aliphatic heterocycles. The number of carbonyl (C=O) groups is 1. The van der Waals surface area contributed by atoms with Gasteiger partial charge in [0.05, 0.1) is 0 Å². The molecule has 4 unspecified atom stereocenters. The van der Waals surface area contributed by atoms with Gasteiger partial charge in [-0.25, -0.2) is 0 Å². The molecule has 102 valence electrons. The van der Waals surface area contributed by atoms with E-state index in [1.807, 2.05) is 30.3 Å². The second-order valence-electron chi connectivity index (χ2n) is 5.78. The van der Waals surface area contributed by atoms with Crippen LogP contribution < -0.4 is 0 Å². The quantitative estimate of drug-likeness (QED) is 0.893. The van der Waals surface area contributed by atoms with E-state index in [0.29, 0.717) is 18.0 Å². The molecule has 4 heteroatoms. The molecule has 2 saturated heterocycles. The summed E-state index contributed by atoms with van der Waals surface area (Å²) in [7, 11) is 2.14. The van der Waals surface area contributed by atoms with E-state index in [1.165, 1.54) is 0 Å². The minimum atomic E-state index is -0.742. The number of likely N-dealkylation sites (N-methyl/N-ethyl adjacent to an activating group) is 1. The zero-order valence-corrected chi connectivity index (χ0v) is 11.4. The van der Waals surface area contributed by atoms with Crippen LogP contribution in [0.25, 0.3) is 0 Å². The molecule has 2 aliphatic rings. The van der Waals surface area contributed by atoms with Gasteiger partial charge in [-0.05, 0) is 18.5 Å². The van der Waals surface area contributed by atoms with Gasteiger partial charge in [-0.2, -0.15) is 0 Å². The number of fused-ring (bicyclic) bond motifs is 2. The lowest BCUT2D eigenvalue weighted by Crippen LogP contribution is -2.47. The van der Waals surface area contributed by atoms with E-state index in [2.05, 4.69) is 23.8 Å². The van der Waals surface area contributed by atoms with Crippen LogP contribution in [0.4, 0.5) is 0 Å². The summed E-state index contributed by atoms with van der Waals surface area (Å²) < 4.78 is 0. The summed E-state index contributed by atoms with van der Waals surface area (Å²) in [5.41, 5.74) is 0.886. The van der Waals surface area contributed by atoms with E-state index in [0.717, 1.165) is 18.7 Å². The molecule has 0 spiro atoms. The van der Waals surface area contributed by atoms with Crippen LogP contribution in [0.2, 0.25) is 0 Å². The van der Waals surface area contributed by atoms with Gasteiger partial charge in [-0.1, -0.05) is 37.3 Å². The first-order valence-electron chi connectivity index (χ1n) is 6.83. The summed E-state index contributed by atoms with van der Waals surface area (Å²) in [6.45, 7) is 4.07. The molecule has 4 nitrogen and oxygen atoms in total. The molecule has 2 bridgehead atoms. The van der Waals surface area contributed by atoms with Crippen molar-refractivity contribution in [1.29, 1.82) is 0 Å². The third-order valence-corrected chi connectivity index (χ3v) is 4.76. The van der Waals surface area contributed by atoms with Crippen molar-refractivity contribution in [1.82, 2.24) is 9.80 Å². The van der Waals surface area contributed by atoms with Gasteiger partial charge >= 0.3 is 5.97 Å². The van der Waals surface area contributed by atoms with Crippen LogP contribution in [-0.4, -0.2) is 53.1 Å². The van der Waals surface area contributed by atoms with Crippen molar-refractivity contribution in [2.24, 2.45) is 5.92 Å². The topological polar surface area (TPSA) is 43.8 Å². The summed E-state index contributed by atoms with van der Waals surface area (Å²) >= 11 is 0. The molecule has 2 fully saturated rings. The Morgan fingerprint density at radius 1 is 1.26 bits per heavy atom. The maximum atomic E-state index is 11.7. The first-order chi connectivity index (χ1) is 9.09. The van der Waals surface area contributed by atoms with Crippen LogP contribution in [-0.2, 0) is 4.79 Å². The maximum absolute atomic E-state index is 11.7. The van der Waals surface area contributed by atoms with Gasteiger partial charge in [0.1, 0.15) is 6.04 Å². The Morgan fingerprint density at radius 2 is 1.95 bits per heavy atom. The smallest absolute Gasteiger partial charge is 0.325 e. The van der Waals surface area contributed by atoms with Crippen LogP contribution in [0.5, 0.6) is 0 Å². The Hall–Kier alpha value is -1.39. The standard InChI is InChI=1S/C15H20N2O2/c1-10-12-9-17(13(10)8-16(12)2)14(15(18)19)11-6-4-3-5-7-11/h3-7,10,12-14H,8-9H2,1-2H3,(H,18,19). The minimum Gasteiger partial charge on any atom is -0.480 e. The molecule has 0 amide bonds. The van der Waals surface area contributed by atoms with E-state index in [1.54, 1.807) is 0 Å². The Kier molecular flexibility index (Phi) is 3.07. The van der Waals surface area contributed by atoms with Gasteiger partial charge in [0.15, 0.2) is 0 Å². The third-order valence-electron chi connectivity index (χ3n) is 4.76. The molecule has 19 heavy (non-hydrogen) atoms. The Balaban J connectivity index is 1.90. The molecule has 3 rings (SSSR count). The number of hydrogen-bond acceptors (Lipinski definition) is 3. The van der Waals surface area contributed by atoms with Gasteiger partial charge in [-0.3, -0.25) is 9.69 Å². The van der Waals surface area contributed by atoms with E-state index < -0.39 is 12.0 Å². The fourth-order valence-electron chi connectivity index (χ4n) is 3.73. The van der Waals surface area contributed by atoms with Gasteiger partial charge < -0.3 is 10.0 Å². The Bertz CT molecular complexity index is 476. The molecule has 0 radical (unpaired) electrons. The maximum Gasteiger partial charge on any atom is 0.325 e. The lowest BCUT2D eigenvalue weighted by molar-refractivity contribution is -0.144. The first-order valence-corrected chi connectivity index (χ1v) is 6.83. The van der Waals surface area contributed by atoms with Crippen LogP contribution in [0.3, 0.4) is 0 Å². The van der Waals surface area contributed by atoms with Crippen molar-refractivity contribution in [3.8, 4) is 0 Å². The van der Waals surface area contributed by atoms with Crippen LogP contribution in [0, 0.1) is 5.92 Å². The second kappa shape index (κ2) is 4.62. The summed E-state index contributed by atoms with van der Waals surface area (Å²) in [5, 5.41) is 9.61. The lowest BCUT2D eigenvalue weighted by atomic mass is 10.0. The van der Waals surface area contributed by atoms with Crippen molar-refractivity contribution in [2.75, 3.05) is 20.1 Å². The molecule has 0 saturated carbocycles. The van der Waals surface area contributed by atoms with Gasteiger partial charge in [0.2, 0.25) is 0 Å². The van der Waals surface area contributed by atoms with Crippen LogP contribution in [0.1, 0.15) is 18.5 Å². The molecule has 1 aromatic carbocycles. The highest BCUT2D eigenvalue weighted by Crippen LogP contribution is 2.39. The molecular formula is C15H20N2O2. The predicted octanol–water partition coefficient (Wildman–Crippen LogP) is 1.45. The Labute approximate surface area is 113 Å². The summed E-state index contributed by atoms with van der Waals surface area (Å²) in [6.07, 6.45) is 0. The van der Waals surface area contributed by atoms with Crippen molar-refractivity contribution in [3.05, 3.63) is 35.9 Å². The van der Waals surface area contributed by atoms with Crippen molar-refractivity contribution in [3.63, 3.8) is 0 Å². The van der Waals surface area contributed by atoms with E-state index in [-0.39, 0.29) is 0 Å². The summed E-state index contributed by atoms with van der Waals surface area (Å²) in [4.78, 5) is 16.2. The highest BCUT2D eigenvalue weighted by molar-refractivity contribution is 5.75. The van der Waals surface area contributed by atoms with Gasteiger partial charge in [-0.15, -0.1) is 0 Å². The SMILES string of the molecule is CC1C2CN(C(C(=O)O)c3ccccc3)C1CN2C. The van der Waals surface area contributed by atoms with Crippen molar-refractivity contribution < 1.29 is 9.90 Å². The van der Waals surface area contributed by atoms with E-state index in [9.17, 15) is 9.90 Å². The monoisotopic (exact) mass is 260 g/mol. The Morgan fingerprint density at radius 3 is 2.42 bits per heavy atom. The molecule has 1 aromatic rings. The van der Waals surface area contributed by atoms with Crippen LogP contribution >= 0.6 is 0 Å². The first kappa shape index (κ1) is 12.6. The molecule has 1 N–H and O–H groups in total. The normalized spacial score (nSPS) is 32.6. The number of nitrogens with zero attached hydrogens (tertiary/aromatic N) is 2. The third kappa shape index (κ3) is 1.95. The number of likely N-dealkylation sites (tertiary alicyclic amines) is 2. The number of carboxylic acid groups (broad SMARTS) is 1. The molecule has 4 atom stereocenters. The number of benzene rings is 1. The highest BCUT2D eigenvalue weighted by Gasteiger charge is 2.51. The average molecular weight is 260 g/mol. The number of rotatable bonds is 3. The number of piperazine rings is 1. The van der Waals surface area contributed by atoms with Crippen molar-refractivity contribution >= 4 is 5.97 Å². The molecule has 2 heterocycles. The van der Waals surface area contributed by atoms with Crippen LogP contribution in [0.15, 0.2) is 30.3 Å². The average Bonchev–Trinajstić information content (AvgIpc) is 2.83. The van der Waals surface area contributed by atoms with Crippen molar-refractivity contribution in [2.45, 2.75) is 25.0 Å². The zero-order valence-electron chi connectivity index (χ0n) is 11.4. The summed E-state index contributed by atoms with van der Waals surface area (Å²) in [6, 6.07) is 9.93. The lowest BCUT2D eigenvalue weighted by Gasteiger charge is -2.35. The molecule has 0 aromatic heterocycles.